The quantitative estimate of drug-likeness (QED) is 0.790. The summed E-state index contributed by atoms with van der Waals surface area (Å²) in [5, 5.41) is 11.3. The number of hydrogen-bond donors (Lipinski definition) is 1. The number of thiophene rings is 1. The summed E-state index contributed by atoms with van der Waals surface area (Å²) >= 11 is 7.41. The summed E-state index contributed by atoms with van der Waals surface area (Å²) < 4.78 is 5.99. The third-order valence-electron chi connectivity index (χ3n) is 1.79. The van der Waals surface area contributed by atoms with Crippen molar-refractivity contribution in [2.24, 2.45) is 0 Å². The van der Waals surface area contributed by atoms with Crippen molar-refractivity contribution in [1.29, 1.82) is 0 Å². The molecule has 68 valence electrons. The fourth-order valence-electron chi connectivity index (χ4n) is 1.20. The Labute approximate surface area is 84.3 Å². The largest absolute Gasteiger partial charge is 0.507 e. The Hall–Kier alpha value is -0.930. The monoisotopic (exact) mass is 214 g/mol. The van der Waals surface area contributed by atoms with Crippen LogP contribution in [-0.4, -0.2) is 12.2 Å². The van der Waals surface area contributed by atoms with Gasteiger partial charge >= 0.3 is 0 Å². The van der Waals surface area contributed by atoms with Crippen LogP contribution < -0.4 is 4.74 Å². The first-order valence-electron chi connectivity index (χ1n) is 3.68. The zero-order chi connectivity index (χ0) is 9.42. The zero-order valence-electron chi connectivity index (χ0n) is 6.87. The van der Waals surface area contributed by atoms with Crippen molar-refractivity contribution in [2.75, 3.05) is 7.11 Å². The number of methoxy groups -OCH3 is 1. The van der Waals surface area contributed by atoms with Crippen LogP contribution in [0, 0.1) is 0 Å². The minimum atomic E-state index is 0.196. The number of phenolic OH excluding ortho intramolecular Hbond substituents is 1. The molecule has 0 spiro atoms. The third-order valence-corrected chi connectivity index (χ3v) is 3.38. The molecule has 2 nitrogen and oxygen atoms in total. The molecule has 4 heteroatoms. The summed E-state index contributed by atoms with van der Waals surface area (Å²) in [7, 11) is 1.56. The Morgan fingerprint density at radius 1 is 1.46 bits per heavy atom. The summed E-state index contributed by atoms with van der Waals surface area (Å²) in [6.07, 6.45) is 0. The second kappa shape index (κ2) is 3.09. The third kappa shape index (κ3) is 1.24. The Kier molecular flexibility index (Phi) is 2.06. The van der Waals surface area contributed by atoms with Gasteiger partial charge in [-0.1, -0.05) is 29.0 Å². The van der Waals surface area contributed by atoms with E-state index in [9.17, 15) is 5.11 Å². The molecule has 13 heavy (non-hydrogen) atoms. The number of ether oxygens (including phenoxy) is 1. The molecule has 0 bridgehead atoms. The highest BCUT2D eigenvalue weighted by Crippen LogP contribution is 2.44. The topological polar surface area (TPSA) is 29.5 Å². The molecular weight excluding hydrogens is 208 g/mol. The van der Waals surface area contributed by atoms with E-state index >= 15 is 0 Å². The van der Waals surface area contributed by atoms with Gasteiger partial charge in [-0.3, -0.25) is 0 Å². The first kappa shape index (κ1) is 8.66. The molecule has 0 aliphatic heterocycles. The van der Waals surface area contributed by atoms with E-state index in [-0.39, 0.29) is 5.75 Å². The average molecular weight is 215 g/mol. The van der Waals surface area contributed by atoms with Crippen LogP contribution in [0.1, 0.15) is 0 Å². The maximum absolute atomic E-state index is 9.53. The summed E-state index contributed by atoms with van der Waals surface area (Å²) in [4.78, 5) is 0. The molecule has 2 aromatic rings. The summed E-state index contributed by atoms with van der Waals surface area (Å²) in [6.45, 7) is 0. The van der Waals surface area contributed by atoms with Crippen LogP contribution in [0.2, 0.25) is 5.02 Å². The highest BCUT2D eigenvalue weighted by Gasteiger charge is 2.13. The van der Waals surface area contributed by atoms with Crippen molar-refractivity contribution in [3.8, 4) is 10.8 Å². The van der Waals surface area contributed by atoms with E-state index in [1.54, 1.807) is 19.2 Å². The number of rotatable bonds is 1. The lowest BCUT2D eigenvalue weighted by Crippen LogP contribution is -1.76. The molecule has 0 unspecified atom stereocenters. The maximum atomic E-state index is 9.53. The highest BCUT2D eigenvalue weighted by atomic mass is 35.5. The molecule has 0 radical (unpaired) electrons. The molecule has 1 heterocycles. The van der Waals surface area contributed by atoms with Gasteiger partial charge in [0.2, 0.25) is 0 Å². The number of aromatic hydroxyl groups is 1. The van der Waals surface area contributed by atoms with E-state index < -0.39 is 0 Å². The second-order valence-corrected chi connectivity index (χ2v) is 3.95. The standard InChI is InChI=1S/C9H7ClO2S/c1-12-9-8(10)7-5(11)3-2-4-6(7)13-9/h2-4,11H,1H3. The number of phenols is 1. The number of halogens is 1. The lowest BCUT2D eigenvalue weighted by molar-refractivity contribution is 0.427. The van der Waals surface area contributed by atoms with Gasteiger partial charge in [0.25, 0.3) is 0 Å². The molecule has 2 rings (SSSR count). The molecule has 0 fully saturated rings. The van der Waals surface area contributed by atoms with Crippen molar-refractivity contribution in [3.05, 3.63) is 23.2 Å². The van der Waals surface area contributed by atoms with E-state index in [4.69, 9.17) is 16.3 Å². The van der Waals surface area contributed by atoms with Gasteiger partial charge in [0.1, 0.15) is 10.8 Å². The first-order chi connectivity index (χ1) is 6.24. The molecule has 0 aliphatic carbocycles. The molecule has 0 saturated heterocycles. The van der Waals surface area contributed by atoms with Crippen molar-refractivity contribution in [3.63, 3.8) is 0 Å². The predicted octanol–water partition coefficient (Wildman–Crippen LogP) is 3.27. The second-order valence-electron chi connectivity index (χ2n) is 2.56. The van der Waals surface area contributed by atoms with Crippen molar-refractivity contribution < 1.29 is 9.84 Å². The van der Waals surface area contributed by atoms with Crippen LogP contribution >= 0.6 is 22.9 Å². The van der Waals surface area contributed by atoms with Gasteiger partial charge in [0.15, 0.2) is 5.06 Å². The first-order valence-corrected chi connectivity index (χ1v) is 4.87. The maximum Gasteiger partial charge on any atom is 0.193 e. The fraction of sp³-hybridized carbons (Fsp3) is 0.111. The Morgan fingerprint density at radius 3 is 2.85 bits per heavy atom. The summed E-state index contributed by atoms with van der Waals surface area (Å²) in [5.74, 6) is 0.196. The molecule has 0 aliphatic rings. The SMILES string of the molecule is COc1sc2cccc(O)c2c1Cl. The fourth-order valence-corrected chi connectivity index (χ4v) is 2.58. The summed E-state index contributed by atoms with van der Waals surface area (Å²) in [5.41, 5.74) is 0. The van der Waals surface area contributed by atoms with Gasteiger partial charge in [-0.25, -0.2) is 0 Å². The van der Waals surface area contributed by atoms with Crippen LogP contribution in [0.3, 0.4) is 0 Å². The predicted molar refractivity (Wildman–Crippen MR) is 55.1 cm³/mol. The molecule has 0 atom stereocenters. The molecule has 0 saturated carbocycles. The molecular formula is C9H7ClO2S. The molecule has 1 aromatic carbocycles. The smallest absolute Gasteiger partial charge is 0.193 e. The lowest BCUT2D eigenvalue weighted by Gasteiger charge is -1.94. The molecule has 0 amide bonds. The van der Waals surface area contributed by atoms with E-state index in [1.807, 2.05) is 6.07 Å². The van der Waals surface area contributed by atoms with Gasteiger partial charge in [-0.2, -0.15) is 0 Å². The number of benzene rings is 1. The van der Waals surface area contributed by atoms with Crippen LogP contribution in [0.5, 0.6) is 10.8 Å². The van der Waals surface area contributed by atoms with Crippen LogP contribution in [0.15, 0.2) is 18.2 Å². The van der Waals surface area contributed by atoms with E-state index in [0.717, 1.165) is 4.70 Å². The Balaban J connectivity index is 2.85. The number of hydrogen-bond acceptors (Lipinski definition) is 3. The Bertz CT molecular complexity index is 450. The minimum absolute atomic E-state index is 0.196. The lowest BCUT2D eigenvalue weighted by atomic mass is 10.2. The van der Waals surface area contributed by atoms with Gasteiger partial charge in [0.05, 0.1) is 12.5 Å². The van der Waals surface area contributed by atoms with Gasteiger partial charge < -0.3 is 9.84 Å². The minimum Gasteiger partial charge on any atom is -0.507 e. The summed E-state index contributed by atoms with van der Waals surface area (Å²) in [6, 6.07) is 5.29. The highest BCUT2D eigenvalue weighted by molar-refractivity contribution is 7.21. The van der Waals surface area contributed by atoms with Crippen molar-refractivity contribution in [1.82, 2.24) is 0 Å². The van der Waals surface area contributed by atoms with Gasteiger partial charge in [-0.15, -0.1) is 0 Å². The van der Waals surface area contributed by atoms with Gasteiger partial charge in [0, 0.05) is 4.70 Å². The molecule has 1 N–H and O–H groups in total. The van der Waals surface area contributed by atoms with Crippen LogP contribution in [0.4, 0.5) is 0 Å². The van der Waals surface area contributed by atoms with E-state index in [1.165, 1.54) is 11.3 Å². The normalized spacial score (nSPS) is 10.6. The Morgan fingerprint density at radius 2 is 2.23 bits per heavy atom. The molecule has 1 aromatic heterocycles. The van der Waals surface area contributed by atoms with Crippen molar-refractivity contribution >= 4 is 33.0 Å². The van der Waals surface area contributed by atoms with Crippen LogP contribution in [0.25, 0.3) is 10.1 Å². The van der Waals surface area contributed by atoms with Crippen LogP contribution in [-0.2, 0) is 0 Å². The number of fused-ring (bicyclic) bond motifs is 1. The average Bonchev–Trinajstić information content (AvgIpc) is 2.44. The van der Waals surface area contributed by atoms with E-state index in [0.29, 0.717) is 15.5 Å². The van der Waals surface area contributed by atoms with Gasteiger partial charge in [-0.05, 0) is 12.1 Å². The van der Waals surface area contributed by atoms with Crippen molar-refractivity contribution in [2.45, 2.75) is 0 Å². The van der Waals surface area contributed by atoms with E-state index in [2.05, 4.69) is 0 Å². The zero-order valence-corrected chi connectivity index (χ0v) is 8.45.